The predicted molar refractivity (Wildman–Crippen MR) is 95.1 cm³/mol. The maximum Gasteiger partial charge on any atom is 0.248 e. The van der Waals surface area contributed by atoms with Crippen LogP contribution in [0.15, 0.2) is 18.2 Å². The Labute approximate surface area is 150 Å². The van der Waals surface area contributed by atoms with Crippen LogP contribution in [0.3, 0.4) is 0 Å². The summed E-state index contributed by atoms with van der Waals surface area (Å²) in [7, 11) is 3.31. The van der Waals surface area contributed by atoms with E-state index in [0.29, 0.717) is 19.6 Å². The number of carbonyl (C=O) groups excluding carboxylic acids is 2. The van der Waals surface area contributed by atoms with E-state index in [-0.39, 0.29) is 24.3 Å². The number of ether oxygens (including phenoxy) is 1. The molecule has 1 saturated heterocycles. The molecule has 0 aliphatic carbocycles. The second-order valence-electron chi connectivity index (χ2n) is 6.39. The Morgan fingerprint density at radius 1 is 1.36 bits per heavy atom. The summed E-state index contributed by atoms with van der Waals surface area (Å²) in [5.41, 5.74) is 2.76. The van der Waals surface area contributed by atoms with Crippen LogP contribution in [0.4, 0.5) is 0 Å². The minimum atomic E-state index is -0.149. The Morgan fingerprint density at radius 2 is 2.16 bits per heavy atom. The SMILES string of the molecule is COCC(=O)N1CCCC(C(=O)N(C)Cc2ccc3nsnc3c2)C1. The molecular weight excluding hydrogens is 340 g/mol. The number of hydrogen-bond acceptors (Lipinski definition) is 6. The molecule has 2 amide bonds. The van der Waals surface area contributed by atoms with Crippen LogP contribution in [-0.2, 0) is 20.9 Å². The fraction of sp³-hybridized carbons (Fsp3) is 0.529. The number of carbonyl (C=O) groups is 2. The fourth-order valence-electron chi connectivity index (χ4n) is 3.21. The summed E-state index contributed by atoms with van der Waals surface area (Å²) in [6, 6.07) is 5.87. The molecule has 0 saturated carbocycles. The van der Waals surface area contributed by atoms with Crippen molar-refractivity contribution < 1.29 is 14.3 Å². The standard InChI is InChI=1S/C17H22N4O3S/c1-20(9-12-5-6-14-15(8-12)19-25-18-14)17(23)13-4-3-7-21(10-13)16(22)11-24-2/h5-6,8,13H,3-4,7,9-11H2,1-2H3. The van der Waals surface area contributed by atoms with Crippen molar-refractivity contribution in [1.29, 1.82) is 0 Å². The molecule has 25 heavy (non-hydrogen) atoms. The van der Waals surface area contributed by atoms with E-state index in [0.717, 1.165) is 29.4 Å². The van der Waals surface area contributed by atoms with E-state index in [2.05, 4.69) is 8.75 Å². The summed E-state index contributed by atoms with van der Waals surface area (Å²) in [5.74, 6) is -0.125. The lowest BCUT2D eigenvalue weighted by atomic mass is 9.96. The predicted octanol–water partition coefficient (Wildman–Crippen LogP) is 1.53. The zero-order chi connectivity index (χ0) is 17.8. The Balaban J connectivity index is 1.62. The average Bonchev–Trinajstić information content (AvgIpc) is 3.09. The van der Waals surface area contributed by atoms with E-state index in [1.54, 1.807) is 9.80 Å². The van der Waals surface area contributed by atoms with Gasteiger partial charge in [-0.25, -0.2) is 0 Å². The molecule has 1 aromatic carbocycles. The number of likely N-dealkylation sites (tertiary alicyclic amines) is 1. The van der Waals surface area contributed by atoms with Crippen molar-refractivity contribution in [2.75, 3.05) is 33.9 Å². The van der Waals surface area contributed by atoms with Gasteiger partial charge in [-0.05, 0) is 30.5 Å². The highest BCUT2D eigenvalue weighted by Gasteiger charge is 2.30. The number of rotatable bonds is 5. The molecule has 0 N–H and O–H groups in total. The lowest BCUT2D eigenvalue weighted by Gasteiger charge is -2.34. The van der Waals surface area contributed by atoms with Gasteiger partial charge in [-0.1, -0.05) is 6.07 Å². The van der Waals surface area contributed by atoms with Gasteiger partial charge >= 0.3 is 0 Å². The highest BCUT2D eigenvalue weighted by molar-refractivity contribution is 7.00. The molecule has 0 spiro atoms. The second-order valence-corrected chi connectivity index (χ2v) is 6.92. The topological polar surface area (TPSA) is 75.6 Å². The second kappa shape index (κ2) is 7.88. The quantitative estimate of drug-likeness (QED) is 0.806. The van der Waals surface area contributed by atoms with Crippen LogP contribution in [0.2, 0.25) is 0 Å². The van der Waals surface area contributed by atoms with Crippen LogP contribution in [0.25, 0.3) is 11.0 Å². The Morgan fingerprint density at radius 3 is 2.96 bits per heavy atom. The molecule has 2 aromatic rings. The fourth-order valence-corrected chi connectivity index (χ4v) is 3.73. The van der Waals surface area contributed by atoms with Gasteiger partial charge in [0.25, 0.3) is 0 Å². The van der Waals surface area contributed by atoms with Gasteiger partial charge in [-0.3, -0.25) is 9.59 Å². The Kier molecular flexibility index (Phi) is 5.60. The van der Waals surface area contributed by atoms with E-state index in [1.807, 2.05) is 25.2 Å². The molecule has 7 nitrogen and oxygen atoms in total. The highest BCUT2D eigenvalue weighted by Crippen LogP contribution is 2.20. The monoisotopic (exact) mass is 362 g/mol. The van der Waals surface area contributed by atoms with E-state index in [9.17, 15) is 9.59 Å². The summed E-state index contributed by atoms with van der Waals surface area (Å²) in [6.45, 7) is 1.76. The van der Waals surface area contributed by atoms with E-state index < -0.39 is 0 Å². The molecule has 1 aliphatic rings. The summed E-state index contributed by atoms with van der Waals surface area (Å²) in [4.78, 5) is 28.2. The number of amides is 2. The molecule has 3 rings (SSSR count). The summed E-state index contributed by atoms with van der Waals surface area (Å²) < 4.78 is 13.3. The Hall–Kier alpha value is -2.06. The molecular formula is C17H22N4O3S. The molecule has 1 aromatic heterocycles. The van der Waals surface area contributed by atoms with Crippen molar-refractivity contribution in [3.8, 4) is 0 Å². The van der Waals surface area contributed by atoms with Crippen molar-refractivity contribution in [2.45, 2.75) is 19.4 Å². The van der Waals surface area contributed by atoms with Gasteiger partial charge in [0.05, 0.1) is 17.6 Å². The summed E-state index contributed by atoms with van der Waals surface area (Å²) >= 11 is 1.19. The van der Waals surface area contributed by atoms with Crippen LogP contribution in [-0.4, -0.2) is 64.2 Å². The van der Waals surface area contributed by atoms with Crippen molar-refractivity contribution in [2.24, 2.45) is 5.92 Å². The lowest BCUT2D eigenvalue weighted by Crippen LogP contribution is -2.46. The first kappa shape index (κ1) is 17.8. The zero-order valence-corrected chi connectivity index (χ0v) is 15.3. The third kappa shape index (κ3) is 4.13. The maximum atomic E-state index is 12.8. The van der Waals surface area contributed by atoms with Crippen LogP contribution >= 0.6 is 11.7 Å². The minimum Gasteiger partial charge on any atom is -0.375 e. The van der Waals surface area contributed by atoms with Crippen LogP contribution in [0, 0.1) is 5.92 Å². The van der Waals surface area contributed by atoms with Crippen molar-refractivity contribution in [3.63, 3.8) is 0 Å². The highest BCUT2D eigenvalue weighted by atomic mass is 32.1. The molecule has 1 unspecified atom stereocenters. The van der Waals surface area contributed by atoms with Gasteiger partial charge in [-0.15, -0.1) is 0 Å². The van der Waals surface area contributed by atoms with Crippen LogP contribution in [0.1, 0.15) is 18.4 Å². The molecule has 2 heterocycles. The maximum absolute atomic E-state index is 12.8. The van der Waals surface area contributed by atoms with Gasteiger partial charge in [-0.2, -0.15) is 8.75 Å². The van der Waals surface area contributed by atoms with Gasteiger partial charge in [0.15, 0.2) is 0 Å². The van der Waals surface area contributed by atoms with E-state index in [1.165, 1.54) is 18.8 Å². The first-order valence-corrected chi connectivity index (χ1v) is 9.04. The molecule has 0 radical (unpaired) electrons. The number of nitrogens with zero attached hydrogens (tertiary/aromatic N) is 4. The number of aromatic nitrogens is 2. The third-order valence-corrected chi connectivity index (χ3v) is 5.06. The molecule has 1 aliphatic heterocycles. The van der Waals surface area contributed by atoms with Gasteiger partial charge in [0.2, 0.25) is 11.8 Å². The van der Waals surface area contributed by atoms with Gasteiger partial charge in [0, 0.05) is 33.8 Å². The van der Waals surface area contributed by atoms with Gasteiger partial charge in [0.1, 0.15) is 17.6 Å². The molecule has 1 fully saturated rings. The van der Waals surface area contributed by atoms with Crippen molar-refractivity contribution in [1.82, 2.24) is 18.5 Å². The average molecular weight is 362 g/mol. The van der Waals surface area contributed by atoms with E-state index in [4.69, 9.17) is 4.74 Å². The molecule has 0 bridgehead atoms. The normalized spacial score (nSPS) is 17.7. The largest absolute Gasteiger partial charge is 0.375 e. The first-order chi connectivity index (χ1) is 12.1. The van der Waals surface area contributed by atoms with Gasteiger partial charge < -0.3 is 14.5 Å². The zero-order valence-electron chi connectivity index (χ0n) is 14.5. The number of piperidine rings is 1. The molecule has 134 valence electrons. The first-order valence-electron chi connectivity index (χ1n) is 8.31. The van der Waals surface area contributed by atoms with Crippen LogP contribution in [0.5, 0.6) is 0 Å². The van der Waals surface area contributed by atoms with Crippen LogP contribution < -0.4 is 0 Å². The summed E-state index contributed by atoms with van der Waals surface area (Å²) in [6.07, 6.45) is 1.66. The van der Waals surface area contributed by atoms with Crippen molar-refractivity contribution in [3.05, 3.63) is 23.8 Å². The molecule has 8 heteroatoms. The number of methoxy groups -OCH3 is 1. The summed E-state index contributed by atoms with van der Waals surface area (Å²) in [5, 5.41) is 0. The minimum absolute atomic E-state index is 0.0517. The number of fused-ring (bicyclic) bond motifs is 1. The number of hydrogen-bond donors (Lipinski definition) is 0. The third-order valence-electron chi connectivity index (χ3n) is 4.51. The number of benzene rings is 1. The smallest absolute Gasteiger partial charge is 0.248 e. The van der Waals surface area contributed by atoms with E-state index >= 15 is 0 Å². The lowest BCUT2D eigenvalue weighted by molar-refractivity contribution is -0.142. The van der Waals surface area contributed by atoms with Crippen molar-refractivity contribution >= 4 is 34.6 Å². The Bertz CT molecular complexity index is 763. The molecule has 1 atom stereocenters.